The number of halogens is 3. The third-order valence-corrected chi connectivity index (χ3v) is 5.73. The second-order valence-corrected chi connectivity index (χ2v) is 7.68. The van der Waals surface area contributed by atoms with E-state index in [1.807, 2.05) is 0 Å². The van der Waals surface area contributed by atoms with E-state index in [4.69, 9.17) is 9.84 Å². The number of hydrogen-bond donors (Lipinski definition) is 2. The summed E-state index contributed by atoms with van der Waals surface area (Å²) in [5.74, 6) is 0.0839. The molecule has 3 aliphatic rings. The van der Waals surface area contributed by atoms with Crippen LogP contribution in [-0.2, 0) is 23.8 Å². The van der Waals surface area contributed by atoms with Crippen molar-refractivity contribution in [2.45, 2.75) is 62.9 Å². The van der Waals surface area contributed by atoms with Gasteiger partial charge in [-0.1, -0.05) is 0 Å². The zero-order valence-electron chi connectivity index (χ0n) is 15.1. The van der Waals surface area contributed by atoms with Crippen molar-refractivity contribution in [3.63, 3.8) is 0 Å². The molecule has 0 spiro atoms. The van der Waals surface area contributed by atoms with Crippen molar-refractivity contribution in [3.8, 4) is 0 Å². The second kappa shape index (κ2) is 7.52. The van der Waals surface area contributed by atoms with Gasteiger partial charge >= 0.3 is 6.18 Å². The van der Waals surface area contributed by atoms with Crippen molar-refractivity contribution in [2.24, 2.45) is 0 Å². The molecule has 2 N–H and O–H groups in total. The highest BCUT2D eigenvalue weighted by Crippen LogP contribution is 2.35. The highest BCUT2D eigenvalue weighted by Gasteiger charge is 2.40. The van der Waals surface area contributed by atoms with E-state index in [1.165, 1.54) is 0 Å². The maximum absolute atomic E-state index is 13.5. The molecular weight excluding hydrogens is 361 g/mol. The molecule has 27 heavy (non-hydrogen) atoms. The first-order valence-electron chi connectivity index (χ1n) is 9.64. The van der Waals surface area contributed by atoms with Gasteiger partial charge in [-0.05, 0) is 38.5 Å². The molecule has 2 saturated heterocycles. The van der Waals surface area contributed by atoms with E-state index in [1.54, 1.807) is 0 Å². The minimum atomic E-state index is -4.46. The minimum Gasteiger partial charge on any atom is -0.396 e. The summed E-state index contributed by atoms with van der Waals surface area (Å²) in [7, 11) is 0. The molecule has 1 aromatic rings. The van der Waals surface area contributed by atoms with Crippen LogP contribution in [0.3, 0.4) is 0 Å². The van der Waals surface area contributed by atoms with Crippen LogP contribution >= 0.6 is 0 Å². The Kier molecular flexibility index (Phi) is 5.26. The van der Waals surface area contributed by atoms with Crippen molar-refractivity contribution in [1.82, 2.24) is 14.9 Å². The fraction of sp³-hybridized carbons (Fsp3) is 0.778. The first kappa shape index (κ1) is 18.9. The summed E-state index contributed by atoms with van der Waals surface area (Å²) in [4.78, 5) is 10.5. The van der Waals surface area contributed by atoms with E-state index in [-0.39, 0.29) is 36.3 Å². The van der Waals surface area contributed by atoms with E-state index in [0.29, 0.717) is 31.6 Å². The molecule has 6 nitrogen and oxygen atoms in total. The SMILES string of the molecule is OCC[C@H]1CN2C[C@@H](Nc3nc4c(c(C(F)(F)F)n3)CCCC4)C[C@H]2CO1. The molecule has 150 valence electrons. The molecule has 0 bridgehead atoms. The van der Waals surface area contributed by atoms with E-state index in [0.717, 1.165) is 32.4 Å². The highest BCUT2D eigenvalue weighted by molar-refractivity contribution is 5.38. The maximum Gasteiger partial charge on any atom is 0.433 e. The van der Waals surface area contributed by atoms with Gasteiger partial charge in [-0.2, -0.15) is 13.2 Å². The third-order valence-electron chi connectivity index (χ3n) is 5.73. The summed E-state index contributed by atoms with van der Waals surface area (Å²) >= 11 is 0. The van der Waals surface area contributed by atoms with Crippen LogP contribution in [0, 0.1) is 0 Å². The van der Waals surface area contributed by atoms with Crippen LogP contribution in [0.1, 0.15) is 42.6 Å². The van der Waals surface area contributed by atoms with E-state index < -0.39 is 11.9 Å². The topological polar surface area (TPSA) is 70.5 Å². The Morgan fingerprint density at radius 3 is 2.78 bits per heavy atom. The molecule has 9 heteroatoms. The number of aromatic nitrogens is 2. The first-order valence-corrected chi connectivity index (χ1v) is 9.64. The molecule has 3 atom stereocenters. The Morgan fingerprint density at radius 2 is 2.00 bits per heavy atom. The number of rotatable bonds is 4. The monoisotopic (exact) mass is 386 g/mol. The van der Waals surface area contributed by atoms with Crippen LogP contribution in [0.5, 0.6) is 0 Å². The number of aliphatic hydroxyl groups excluding tert-OH is 1. The number of morpholine rings is 1. The molecule has 1 aliphatic carbocycles. The lowest BCUT2D eigenvalue weighted by atomic mass is 9.94. The Labute approximate surface area is 156 Å². The smallest absolute Gasteiger partial charge is 0.396 e. The van der Waals surface area contributed by atoms with Crippen molar-refractivity contribution in [3.05, 3.63) is 17.0 Å². The van der Waals surface area contributed by atoms with Gasteiger partial charge in [0.25, 0.3) is 0 Å². The van der Waals surface area contributed by atoms with Crippen LogP contribution in [0.15, 0.2) is 0 Å². The average molecular weight is 386 g/mol. The lowest BCUT2D eigenvalue weighted by Gasteiger charge is -2.34. The minimum absolute atomic E-state index is 0.00537. The largest absolute Gasteiger partial charge is 0.433 e. The summed E-state index contributed by atoms with van der Waals surface area (Å²) in [5, 5.41) is 12.2. The summed E-state index contributed by atoms with van der Waals surface area (Å²) in [5.41, 5.74) is 0.0216. The number of nitrogens with zero attached hydrogens (tertiary/aromatic N) is 3. The Hall–Kier alpha value is -1.45. The normalized spacial score (nSPS) is 28.7. The van der Waals surface area contributed by atoms with Crippen LogP contribution < -0.4 is 5.32 Å². The Morgan fingerprint density at radius 1 is 1.19 bits per heavy atom. The van der Waals surface area contributed by atoms with Gasteiger partial charge in [-0.25, -0.2) is 9.97 Å². The van der Waals surface area contributed by atoms with E-state index in [2.05, 4.69) is 20.2 Å². The molecule has 0 radical (unpaired) electrons. The fourth-order valence-corrected chi connectivity index (χ4v) is 4.44. The summed E-state index contributed by atoms with van der Waals surface area (Å²) in [6.07, 6.45) is -0.470. The third kappa shape index (κ3) is 4.05. The first-order chi connectivity index (χ1) is 12.9. The molecule has 0 unspecified atom stereocenters. The number of hydrogen-bond acceptors (Lipinski definition) is 6. The predicted molar refractivity (Wildman–Crippen MR) is 92.5 cm³/mol. The van der Waals surface area contributed by atoms with Crippen molar-refractivity contribution < 1.29 is 23.0 Å². The van der Waals surface area contributed by atoms with Gasteiger partial charge in [0, 0.05) is 43.0 Å². The number of aryl methyl sites for hydroxylation is 1. The zero-order valence-corrected chi connectivity index (χ0v) is 15.1. The van der Waals surface area contributed by atoms with E-state index >= 15 is 0 Å². The lowest BCUT2D eigenvalue weighted by molar-refractivity contribution is -0.142. The summed E-state index contributed by atoms with van der Waals surface area (Å²) in [6.45, 7) is 2.13. The van der Waals surface area contributed by atoms with Gasteiger partial charge in [0.05, 0.1) is 12.7 Å². The number of anilines is 1. The average Bonchev–Trinajstić information content (AvgIpc) is 3.02. The van der Waals surface area contributed by atoms with Crippen molar-refractivity contribution in [2.75, 3.05) is 31.6 Å². The number of alkyl halides is 3. The highest BCUT2D eigenvalue weighted by atomic mass is 19.4. The number of ether oxygens (including phenoxy) is 1. The molecule has 3 heterocycles. The Balaban J connectivity index is 1.49. The van der Waals surface area contributed by atoms with Gasteiger partial charge in [-0.15, -0.1) is 0 Å². The number of nitrogens with one attached hydrogen (secondary N) is 1. The van der Waals surface area contributed by atoms with Gasteiger partial charge in [0.15, 0.2) is 5.69 Å². The van der Waals surface area contributed by atoms with E-state index in [9.17, 15) is 13.2 Å². The van der Waals surface area contributed by atoms with Crippen LogP contribution in [0.4, 0.5) is 19.1 Å². The molecule has 4 rings (SSSR count). The number of fused-ring (bicyclic) bond motifs is 2. The second-order valence-electron chi connectivity index (χ2n) is 7.68. The Bertz CT molecular complexity index is 685. The summed E-state index contributed by atoms with van der Waals surface area (Å²) in [6, 6.07) is 0.242. The van der Waals surface area contributed by atoms with Crippen LogP contribution in [0.25, 0.3) is 0 Å². The molecular formula is C18H25F3N4O2. The molecule has 0 saturated carbocycles. The van der Waals surface area contributed by atoms with Crippen molar-refractivity contribution >= 4 is 5.95 Å². The summed E-state index contributed by atoms with van der Waals surface area (Å²) < 4.78 is 46.1. The molecule has 2 fully saturated rings. The lowest BCUT2D eigenvalue weighted by Crippen LogP contribution is -2.46. The van der Waals surface area contributed by atoms with Crippen molar-refractivity contribution in [1.29, 1.82) is 0 Å². The fourth-order valence-electron chi connectivity index (χ4n) is 4.44. The van der Waals surface area contributed by atoms with Gasteiger partial charge < -0.3 is 15.2 Å². The predicted octanol–water partition coefficient (Wildman–Crippen LogP) is 2.01. The van der Waals surface area contributed by atoms with Gasteiger partial charge in [0.2, 0.25) is 5.95 Å². The quantitative estimate of drug-likeness (QED) is 0.825. The standard InChI is InChI=1S/C18H25F3N4O2/c19-18(20,21)16-14-3-1-2-4-15(14)23-17(24-16)22-11-7-12-10-27-13(5-6-26)9-25(12)8-11/h11-13,26H,1-10H2,(H,22,23,24)/t11-,12-,13-/m0/s1. The molecule has 0 aromatic carbocycles. The molecule has 1 aromatic heterocycles. The van der Waals surface area contributed by atoms with Crippen LogP contribution in [0.2, 0.25) is 0 Å². The van der Waals surface area contributed by atoms with Crippen LogP contribution in [-0.4, -0.2) is 64.5 Å². The molecule has 2 aliphatic heterocycles. The zero-order chi connectivity index (χ0) is 19.0. The van der Waals surface area contributed by atoms with Gasteiger partial charge in [-0.3, -0.25) is 4.90 Å². The maximum atomic E-state index is 13.5. The van der Waals surface area contributed by atoms with Gasteiger partial charge in [0.1, 0.15) is 0 Å². The molecule has 0 amide bonds. The number of aliphatic hydroxyl groups is 1.